The van der Waals surface area contributed by atoms with Crippen molar-refractivity contribution in [2.75, 3.05) is 13.1 Å². The molecule has 1 aliphatic carbocycles. The van der Waals surface area contributed by atoms with Gasteiger partial charge in [0.05, 0.1) is 0 Å². The average Bonchev–Trinajstić information content (AvgIpc) is 2.35. The smallest absolute Gasteiger partial charge is 0.00488 e. The molecule has 1 heteroatoms. The van der Waals surface area contributed by atoms with E-state index in [0.717, 1.165) is 12.5 Å². The van der Waals surface area contributed by atoms with Crippen molar-refractivity contribution in [3.05, 3.63) is 35.4 Å². The Bertz CT molecular complexity index is 319. The van der Waals surface area contributed by atoms with Crippen LogP contribution in [0.2, 0.25) is 0 Å². The Morgan fingerprint density at radius 1 is 1.31 bits per heavy atom. The van der Waals surface area contributed by atoms with E-state index in [1.165, 1.54) is 38.6 Å². The predicted octanol–water partition coefficient (Wildman–Crippen LogP) is 3.50. The van der Waals surface area contributed by atoms with Crippen molar-refractivity contribution in [2.24, 2.45) is 0 Å². The maximum absolute atomic E-state index is 3.41. The van der Waals surface area contributed by atoms with Crippen LogP contribution in [-0.2, 0) is 6.42 Å². The highest BCUT2D eigenvalue weighted by molar-refractivity contribution is 5.32. The first-order valence-electron chi connectivity index (χ1n) is 6.70. The summed E-state index contributed by atoms with van der Waals surface area (Å²) < 4.78 is 0. The van der Waals surface area contributed by atoms with Gasteiger partial charge in [-0.25, -0.2) is 0 Å². The van der Waals surface area contributed by atoms with E-state index in [2.05, 4.69) is 36.5 Å². The summed E-state index contributed by atoms with van der Waals surface area (Å²) >= 11 is 0. The summed E-state index contributed by atoms with van der Waals surface area (Å²) in [4.78, 5) is 0. The molecule has 1 nitrogen and oxygen atoms in total. The lowest BCUT2D eigenvalue weighted by molar-refractivity contribution is 0.494. The number of benzene rings is 1. The molecule has 1 aliphatic rings. The largest absolute Gasteiger partial charge is 0.317 e. The first-order chi connectivity index (χ1) is 7.92. The van der Waals surface area contributed by atoms with Crippen molar-refractivity contribution in [3.63, 3.8) is 0 Å². The van der Waals surface area contributed by atoms with Crippen LogP contribution in [0.25, 0.3) is 0 Å². The zero-order chi connectivity index (χ0) is 11.2. The highest BCUT2D eigenvalue weighted by Gasteiger charge is 2.18. The zero-order valence-electron chi connectivity index (χ0n) is 10.3. The third-order valence-corrected chi connectivity index (χ3v) is 3.65. The van der Waals surface area contributed by atoms with E-state index in [9.17, 15) is 0 Å². The number of hydrogen-bond donors (Lipinski definition) is 1. The third kappa shape index (κ3) is 2.85. The number of aryl methyl sites for hydroxylation is 1. The van der Waals surface area contributed by atoms with E-state index in [1.54, 1.807) is 11.1 Å². The normalized spacial score (nSPS) is 19.4. The predicted molar refractivity (Wildman–Crippen MR) is 69.9 cm³/mol. The fourth-order valence-corrected chi connectivity index (χ4v) is 2.80. The summed E-state index contributed by atoms with van der Waals surface area (Å²) in [5.41, 5.74) is 3.23. The highest BCUT2D eigenvalue weighted by atomic mass is 14.8. The van der Waals surface area contributed by atoms with E-state index < -0.39 is 0 Å². The van der Waals surface area contributed by atoms with Crippen LogP contribution in [0.3, 0.4) is 0 Å². The van der Waals surface area contributed by atoms with Gasteiger partial charge in [-0.3, -0.25) is 0 Å². The zero-order valence-corrected chi connectivity index (χ0v) is 10.3. The molecule has 0 aromatic heterocycles. The Hall–Kier alpha value is -0.820. The monoisotopic (exact) mass is 217 g/mol. The standard InChI is InChI=1S/C15H23N/c1-2-16-12-6-10-14-9-5-8-13-7-3-4-11-15(13)14/h3-4,7,11,14,16H,2,5-6,8-10,12H2,1H3. The Morgan fingerprint density at radius 3 is 3.06 bits per heavy atom. The molecule has 0 bridgehead atoms. The number of fused-ring (bicyclic) bond motifs is 1. The van der Waals surface area contributed by atoms with E-state index in [-0.39, 0.29) is 0 Å². The van der Waals surface area contributed by atoms with Crippen molar-refractivity contribution in [3.8, 4) is 0 Å². The quantitative estimate of drug-likeness (QED) is 0.744. The van der Waals surface area contributed by atoms with Gasteiger partial charge in [0.1, 0.15) is 0 Å². The Balaban J connectivity index is 1.91. The molecule has 0 saturated heterocycles. The Labute approximate surface area is 99.3 Å². The van der Waals surface area contributed by atoms with Crippen molar-refractivity contribution >= 4 is 0 Å². The van der Waals surface area contributed by atoms with Gasteiger partial charge in [-0.1, -0.05) is 31.2 Å². The molecule has 2 rings (SSSR count). The third-order valence-electron chi connectivity index (χ3n) is 3.65. The minimum absolute atomic E-state index is 0.823. The number of rotatable bonds is 5. The van der Waals surface area contributed by atoms with Crippen molar-refractivity contribution in [1.29, 1.82) is 0 Å². The molecule has 88 valence electrons. The van der Waals surface area contributed by atoms with E-state index in [4.69, 9.17) is 0 Å². The summed E-state index contributed by atoms with van der Waals surface area (Å²) in [7, 11) is 0. The number of nitrogens with one attached hydrogen (secondary N) is 1. The second-order valence-corrected chi connectivity index (χ2v) is 4.78. The van der Waals surface area contributed by atoms with Crippen molar-refractivity contribution in [1.82, 2.24) is 5.32 Å². The molecule has 16 heavy (non-hydrogen) atoms. The highest BCUT2D eigenvalue weighted by Crippen LogP contribution is 2.34. The van der Waals surface area contributed by atoms with Gasteiger partial charge >= 0.3 is 0 Å². The Kier molecular flexibility index (Phi) is 4.41. The van der Waals surface area contributed by atoms with Gasteiger partial charge in [-0.15, -0.1) is 0 Å². The molecule has 0 saturated carbocycles. The molecule has 0 spiro atoms. The molecule has 0 aliphatic heterocycles. The molecule has 1 atom stereocenters. The molecule has 1 aromatic rings. The van der Waals surface area contributed by atoms with Crippen molar-refractivity contribution in [2.45, 2.75) is 44.9 Å². The van der Waals surface area contributed by atoms with Gasteiger partial charge in [0.25, 0.3) is 0 Å². The topological polar surface area (TPSA) is 12.0 Å². The molecule has 0 radical (unpaired) electrons. The fraction of sp³-hybridized carbons (Fsp3) is 0.600. The SMILES string of the molecule is CCNCCCC1CCCc2ccccc21. The van der Waals surface area contributed by atoms with Crippen LogP contribution in [0.4, 0.5) is 0 Å². The summed E-state index contributed by atoms with van der Waals surface area (Å²) in [5.74, 6) is 0.823. The minimum Gasteiger partial charge on any atom is -0.317 e. The molecule has 0 amide bonds. The maximum atomic E-state index is 3.41. The summed E-state index contributed by atoms with van der Waals surface area (Å²) in [5, 5.41) is 3.41. The van der Waals surface area contributed by atoms with E-state index in [1.807, 2.05) is 0 Å². The van der Waals surface area contributed by atoms with Crippen LogP contribution in [0.1, 0.15) is 49.7 Å². The molecule has 1 unspecified atom stereocenters. The lowest BCUT2D eigenvalue weighted by Crippen LogP contribution is -2.16. The number of hydrogen-bond acceptors (Lipinski definition) is 1. The first kappa shape index (κ1) is 11.7. The molecular formula is C15H23N. The van der Waals surface area contributed by atoms with Gasteiger partial charge in [0.15, 0.2) is 0 Å². The molecule has 0 fully saturated rings. The van der Waals surface area contributed by atoms with E-state index in [0.29, 0.717) is 0 Å². The summed E-state index contributed by atoms with van der Waals surface area (Å²) in [6.07, 6.45) is 6.72. The van der Waals surface area contributed by atoms with Gasteiger partial charge < -0.3 is 5.32 Å². The van der Waals surface area contributed by atoms with Gasteiger partial charge in [0, 0.05) is 0 Å². The van der Waals surface area contributed by atoms with Crippen LogP contribution in [-0.4, -0.2) is 13.1 Å². The van der Waals surface area contributed by atoms with Crippen LogP contribution >= 0.6 is 0 Å². The Morgan fingerprint density at radius 2 is 2.19 bits per heavy atom. The average molecular weight is 217 g/mol. The van der Waals surface area contributed by atoms with Gasteiger partial charge in [-0.05, 0) is 62.2 Å². The van der Waals surface area contributed by atoms with Crippen LogP contribution < -0.4 is 5.32 Å². The maximum Gasteiger partial charge on any atom is -0.00488 e. The molecule has 0 heterocycles. The first-order valence-corrected chi connectivity index (χ1v) is 6.70. The van der Waals surface area contributed by atoms with Crippen LogP contribution in [0.15, 0.2) is 24.3 Å². The molecule has 1 N–H and O–H groups in total. The summed E-state index contributed by atoms with van der Waals surface area (Å²) in [6.45, 7) is 4.45. The van der Waals surface area contributed by atoms with Crippen LogP contribution in [0.5, 0.6) is 0 Å². The fourth-order valence-electron chi connectivity index (χ4n) is 2.80. The second-order valence-electron chi connectivity index (χ2n) is 4.78. The van der Waals surface area contributed by atoms with Crippen molar-refractivity contribution < 1.29 is 0 Å². The second kappa shape index (κ2) is 6.05. The van der Waals surface area contributed by atoms with E-state index >= 15 is 0 Å². The van der Waals surface area contributed by atoms with Crippen LogP contribution in [0, 0.1) is 0 Å². The van der Waals surface area contributed by atoms with Gasteiger partial charge in [-0.2, -0.15) is 0 Å². The van der Waals surface area contributed by atoms with Gasteiger partial charge in [0.2, 0.25) is 0 Å². The minimum atomic E-state index is 0.823. The lowest BCUT2D eigenvalue weighted by Gasteiger charge is -2.25. The molecular weight excluding hydrogens is 194 g/mol. The summed E-state index contributed by atoms with van der Waals surface area (Å²) in [6, 6.07) is 9.03. The molecule has 1 aromatic carbocycles. The lowest BCUT2D eigenvalue weighted by atomic mass is 9.80.